The smallest absolute Gasteiger partial charge is 0.170 e. The average Bonchev–Trinajstić information content (AvgIpc) is 2.49. The van der Waals surface area contributed by atoms with E-state index in [1.165, 1.54) is 0 Å². The van der Waals surface area contributed by atoms with Gasteiger partial charge in [-0.15, -0.1) is 0 Å². The minimum absolute atomic E-state index is 0.0422. The Morgan fingerprint density at radius 1 is 1.24 bits per heavy atom. The zero-order valence-electron chi connectivity index (χ0n) is 11.4. The van der Waals surface area contributed by atoms with Crippen LogP contribution in [0, 0.1) is 0 Å². The van der Waals surface area contributed by atoms with Crippen molar-refractivity contribution in [2.45, 2.75) is 6.92 Å². The number of hydrogen-bond donors (Lipinski definition) is 2. The normalized spacial score (nSPS) is 11.2. The first-order valence-electron chi connectivity index (χ1n) is 6.32. The molecule has 6 heteroatoms. The van der Waals surface area contributed by atoms with E-state index in [1.807, 2.05) is 31.2 Å². The van der Waals surface area contributed by atoms with E-state index in [0.717, 1.165) is 5.75 Å². The first kappa shape index (κ1) is 15.2. The van der Waals surface area contributed by atoms with Crippen LogP contribution in [-0.2, 0) is 0 Å². The Hall–Kier alpha value is -2.21. The molecule has 0 radical (unpaired) electrons. The molecule has 0 aliphatic rings. The Balaban J connectivity index is 2.22. The quantitative estimate of drug-likeness (QED) is 0.372. The summed E-state index contributed by atoms with van der Waals surface area (Å²) in [5.41, 5.74) is 6.14. The van der Waals surface area contributed by atoms with Crippen LogP contribution in [0.3, 0.4) is 0 Å². The van der Waals surface area contributed by atoms with Gasteiger partial charge in [0.25, 0.3) is 0 Å². The first-order valence-corrected chi connectivity index (χ1v) is 7.11. The van der Waals surface area contributed by atoms with Crippen LogP contribution >= 0.6 is 15.9 Å². The molecule has 2 aromatic rings. The molecule has 0 heterocycles. The van der Waals surface area contributed by atoms with Gasteiger partial charge in [-0.2, -0.15) is 0 Å². The van der Waals surface area contributed by atoms with Crippen molar-refractivity contribution in [1.29, 1.82) is 0 Å². The molecule has 0 aliphatic heterocycles. The molecule has 0 amide bonds. The fraction of sp³-hybridized carbons (Fsp3) is 0.133. The van der Waals surface area contributed by atoms with Crippen LogP contribution in [0.5, 0.6) is 17.2 Å². The summed E-state index contributed by atoms with van der Waals surface area (Å²) in [5.74, 6) is 2.08. The van der Waals surface area contributed by atoms with Gasteiger partial charge in [-0.1, -0.05) is 11.2 Å². The van der Waals surface area contributed by atoms with Gasteiger partial charge >= 0.3 is 0 Å². The summed E-state index contributed by atoms with van der Waals surface area (Å²) < 4.78 is 11.9. The van der Waals surface area contributed by atoms with Gasteiger partial charge in [0.2, 0.25) is 0 Å². The number of nitrogens with two attached hydrogens (primary N) is 1. The van der Waals surface area contributed by atoms with Crippen LogP contribution in [0.15, 0.2) is 52.1 Å². The molecule has 2 rings (SSSR count). The number of halogens is 1. The monoisotopic (exact) mass is 350 g/mol. The summed E-state index contributed by atoms with van der Waals surface area (Å²) in [4.78, 5) is 0. The molecule has 5 nitrogen and oxygen atoms in total. The van der Waals surface area contributed by atoms with E-state index in [-0.39, 0.29) is 5.84 Å². The van der Waals surface area contributed by atoms with Crippen molar-refractivity contribution in [3.05, 3.63) is 52.5 Å². The van der Waals surface area contributed by atoms with Crippen LogP contribution in [0.25, 0.3) is 0 Å². The van der Waals surface area contributed by atoms with Crippen LogP contribution in [-0.4, -0.2) is 17.6 Å². The summed E-state index contributed by atoms with van der Waals surface area (Å²) in [7, 11) is 0. The third kappa shape index (κ3) is 3.88. The zero-order valence-corrected chi connectivity index (χ0v) is 13.0. The lowest BCUT2D eigenvalue weighted by Crippen LogP contribution is -2.12. The second-order valence-electron chi connectivity index (χ2n) is 4.14. The largest absolute Gasteiger partial charge is 0.494 e. The molecule has 3 N–H and O–H groups in total. The van der Waals surface area contributed by atoms with Gasteiger partial charge in [-0.3, -0.25) is 0 Å². The molecule has 0 fully saturated rings. The number of nitrogens with zero attached hydrogens (tertiary/aromatic N) is 1. The molecule has 0 aromatic heterocycles. The van der Waals surface area contributed by atoms with Gasteiger partial charge in [0.15, 0.2) is 5.84 Å². The maximum absolute atomic E-state index is 8.67. The predicted octanol–water partition coefficient (Wildman–Crippen LogP) is 3.73. The summed E-state index contributed by atoms with van der Waals surface area (Å²) in [6.07, 6.45) is 0. The Labute approximate surface area is 131 Å². The molecule has 2 aromatic carbocycles. The van der Waals surface area contributed by atoms with E-state index in [1.54, 1.807) is 18.2 Å². The van der Waals surface area contributed by atoms with Crippen molar-refractivity contribution in [1.82, 2.24) is 0 Å². The molecule has 0 bridgehead atoms. The standard InChI is InChI=1S/C15H15BrN2O3/c1-2-20-11-4-3-5-12(9-11)21-14-7-6-10(8-13(14)16)15(17)18-19/h3-9,19H,2H2,1H3,(H2,17,18). The molecule has 0 saturated heterocycles. The van der Waals surface area contributed by atoms with Crippen molar-refractivity contribution in [3.8, 4) is 17.2 Å². The van der Waals surface area contributed by atoms with Crippen molar-refractivity contribution >= 4 is 21.8 Å². The molecule has 0 spiro atoms. The molecule has 0 unspecified atom stereocenters. The topological polar surface area (TPSA) is 77.1 Å². The van der Waals surface area contributed by atoms with E-state index in [9.17, 15) is 0 Å². The third-order valence-electron chi connectivity index (χ3n) is 2.68. The highest BCUT2D eigenvalue weighted by Gasteiger charge is 2.07. The number of amidine groups is 1. The third-order valence-corrected chi connectivity index (χ3v) is 3.30. The van der Waals surface area contributed by atoms with Crippen LogP contribution in [0.2, 0.25) is 0 Å². The fourth-order valence-electron chi connectivity index (χ4n) is 1.72. The Morgan fingerprint density at radius 2 is 2.00 bits per heavy atom. The minimum atomic E-state index is 0.0422. The van der Waals surface area contributed by atoms with Crippen molar-refractivity contribution in [2.24, 2.45) is 10.9 Å². The van der Waals surface area contributed by atoms with Crippen LogP contribution in [0.4, 0.5) is 0 Å². The highest BCUT2D eigenvalue weighted by atomic mass is 79.9. The van der Waals surface area contributed by atoms with E-state index in [2.05, 4.69) is 21.1 Å². The molecule has 0 saturated carbocycles. The van der Waals surface area contributed by atoms with E-state index in [0.29, 0.717) is 28.1 Å². The molecule has 0 aliphatic carbocycles. The lowest BCUT2D eigenvalue weighted by molar-refractivity contribution is 0.318. The van der Waals surface area contributed by atoms with Crippen LogP contribution in [0.1, 0.15) is 12.5 Å². The summed E-state index contributed by atoms with van der Waals surface area (Å²) in [6, 6.07) is 12.6. The molecular formula is C15H15BrN2O3. The first-order chi connectivity index (χ1) is 10.1. The van der Waals surface area contributed by atoms with E-state index < -0.39 is 0 Å². The summed E-state index contributed by atoms with van der Waals surface area (Å²) >= 11 is 3.40. The van der Waals surface area contributed by atoms with Gasteiger partial charge < -0.3 is 20.4 Å². The molecule has 21 heavy (non-hydrogen) atoms. The number of benzene rings is 2. The highest BCUT2D eigenvalue weighted by molar-refractivity contribution is 9.10. The van der Waals surface area contributed by atoms with E-state index >= 15 is 0 Å². The second-order valence-corrected chi connectivity index (χ2v) is 4.99. The zero-order chi connectivity index (χ0) is 15.2. The van der Waals surface area contributed by atoms with Crippen LogP contribution < -0.4 is 15.2 Å². The van der Waals surface area contributed by atoms with Gasteiger partial charge in [0, 0.05) is 11.6 Å². The lowest BCUT2D eigenvalue weighted by Gasteiger charge is -2.10. The highest BCUT2D eigenvalue weighted by Crippen LogP contribution is 2.31. The number of oxime groups is 1. The summed E-state index contributed by atoms with van der Waals surface area (Å²) in [6.45, 7) is 2.53. The number of rotatable bonds is 5. The fourth-order valence-corrected chi connectivity index (χ4v) is 2.18. The predicted molar refractivity (Wildman–Crippen MR) is 84.3 cm³/mol. The maximum Gasteiger partial charge on any atom is 0.170 e. The second kappa shape index (κ2) is 6.99. The van der Waals surface area contributed by atoms with Crippen molar-refractivity contribution in [2.75, 3.05) is 6.61 Å². The summed E-state index contributed by atoms with van der Waals surface area (Å²) in [5, 5.41) is 11.6. The molecular weight excluding hydrogens is 336 g/mol. The maximum atomic E-state index is 8.67. The van der Waals surface area contributed by atoms with E-state index in [4.69, 9.17) is 20.4 Å². The lowest BCUT2D eigenvalue weighted by atomic mass is 10.2. The Morgan fingerprint density at radius 3 is 2.67 bits per heavy atom. The molecule has 110 valence electrons. The van der Waals surface area contributed by atoms with Gasteiger partial charge in [0.1, 0.15) is 17.2 Å². The average molecular weight is 351 g/mol. The molecule has 0 atom stereocenters. The van der Waals surface area contributed by atoms with Gasteiger partial charge in [-0.25, -0.2) is 0 Å². The Bertz CT molecular complexity index is 659. The van der Waals surface area contributed by atoms with Crippen molar-refractivity contribution < 1.29 is 14.7 Å². The minimum Gasteiger partial charge on any atom is -0.494 e. The Kier molecular flexibility index (Phi) is 5.05. The van der Waals surface area contributed by atoms with Gasteiger partial charge in [-0.05, 0) is 53.2 Å². The van der Waals surface area contributed by atoms with Gasteiger partial charge in [0.05, 0.1) is 11.1 Å². The van der Waals surface area contributed by atoms with Crippen molar-refractivity contribution in [3.63, 3.8) is 0 Å². The number of hydrogen-bond acceptors (Lipinski definition) is 4. The SMILES string of the molecule is CCOc1cccc(Oc2ccc(/C(N)=N/O)cc2Br)c1. The number of ether oxygens (including phenoxy) is 2.